The molecular formula is C22H18FN3. The van der Waals surface area contributed by atoms with E-state index < -0.39 is 0 Å². The smallest absolute Gasteiger partial charge is 0.138 e. The number of aromatic amines is 1. The molecule has 3 nitrogen and oxygen atoms in total. The second kappa shape index (κ2) is 5.99. The zero-order valence-corrected chi connectivity index (χ0v) is 14.2. The van der Waals surface area contributed by atoms with Gasteiger partial charge in [0.2, 0.25) is 0 Å². The van der Waals surface area contributed by atoms with Crippen LogP contribution in [0.15, 0.2) is 66.7 Å². The molecule has 0 atom stereocenters. The van der Waals surface area contributed by atoms with Crippen LogP contribution in [-0.2, 0) is 13.0 Å². The molecule has 1 N–H and O–H groups in total. The predicted octanol–water partition coefficient (Wildman–Crippen LogP) is 4.93. The van der Waals surface area contributed by atoms with E-state index in [-0.39, 0.29) is 5.82 Å². The first kappa shape index (κ1) is 15.1. The van der Waals surface area contributed by atoms with E-state index in [0.717, 1.165) is 41.9 Å². The summed E-state index contributed by atoms with van der Waals surface area (Å²) in [4.78, 5) is 10.2. The van der Waals surface area contributed by atoms with Crippen LogP contribution in [0.4, 0.5) is 10.1 Å². The second-order valence-electron chi connectivity index (χ2n) is 6.74. The van der Waals surface area contributed by atoms with E-state index in [1.165, 1.54) is 28.9 Å². The number of H-pyrrole nitrogens is 1. The maximum atomic E-state index is 13.4. The molecule has 0 radical (unpaired) electrons. The number of imidazole rings is 1. The number of anilines is 1. The van der Waals surface area contributed by atoms with Gasteiger partial charge in [0.25, 0.3) is 0 Å². The summed E-state index contributed by atoms with van der Waals surface area (Å²) in [6.45, 7) is 1.93. The molecule has 0 amide bonds. The maximum absolute atomic E-state index is 13.4. The molecule has 0 unspecified atom stereocenters. The fourth-order valence-corrected chi connectivity index (χ4v) is 3.68. The lowest BCUT2D eigenvalue weighted by atomic mass is 9.99. The van der Waals surface area contributed by atoms with Crippen molar-refractivity contribution in [2.45, 2.75) is 13.0 Å². The van der Waals surface area contributed by atoms with Crippen LogP contribution in [0.25, 0.3) is 22.4 Å². The van der Waals surface area contributed by atoms with E-state index in [9.17, 15) is 4.39 Å². The van der Waals surface area contributed by atoms with Gasteiger partial charge in [-0.2, -0.15) is 0 Å². The minimum absolute atomic E-state index is 0.256. The molecule has 4 heteroatoms. The van der Waals surface area contributed by atoms with Gasteiger partial charge < -0.3 is 9.88 Å². The summed E-state index contributed by atoms with van der Waals surface area (Å²) in [5.41, 5.74) is 6.53. The van der Waals surface area contributed by atoms with E-state index in [1.54, 1.807) is 6.07 Å². The van der Waals surface area contributed by atoms with Gasteiger partial charge >= 0.3 is 0 Å². The van der Waals surface area contributed by atoms with Crippen molar-refractivity contribution in [1.29, 1.82) is 0 Å². The van der Waals surface area contributed by atoms with Crippen molar-refractivity contribution < 1.29 is 4.39 Å². The zero-order chi connectivity index (χ0) is 17.5. The first-order valence-electron chi connectivity index (χ1n) is 8.84. The molecule has 0 bridgehead atoms. The van der Waals surface area contributed by atoms with Crippen LogP contribution in [-0.4, -0.2) is 16.5 Å². The fraction of sp³-hybridized carbons (Fsp3) is 0.136. The van der Waals surface area contributed by atoms with E-state index in [0.29, 0.717) is 0 Å². The highest BCUT2D eigenvalue weighted by Gasteiger charge is 2.17. The molecule has 128 valence electrons. The Labute approximate surface area is 151 Å². The van der Waals surface area contributed by atoms with Crippen LogP contribution in [0.2, 0.25) is 0 Å². The van der Waals surface area contributed by atoms with Crippen molar-refractivity contribution in [2.24, 2.45) is 0 Å². The summed E-state index contributed by atoms with van der Waals surface area (Å²) in [5, 5.41) is 0. The maximum Gasteiger partial charge on any atom is 0.138 e. The van der Waals surface area contributed by atoms with Crippen molar-refractivity contribution in [1.82, 2.24) is 9.97 Å². The van der Waals surface area contributed by atoms with Crippen LogP contribution in [0, 0.1) is 5.82 Å². The van der Waals surface area contributed by atoms with Crippen LogP contribution in [0.1, 0.15) is 11.1 Å². The Balaban J connectivity index is 1.49. The molecule has 1 aliphatic rings. The largest absolute Gasteiger partial charge is 0.367 e. The minimum Gasteiger partial charge on any atom is -0.367 e. The first-order valence-corrected chi connectivity index (χ1v) is 8.84. The Bertz CT molecular complexity index is 1100. The zero-order valence-electron chi connectivity index (χ0n) is 14.2. The third-order valence-electron chi connectivity index (χ3n) is 5.06. The Morgan fingerprint density at radius 3 is 2.73 bits per heavy atom. The summed E-state index contributed by atoms with van der Waals surface area (Å²) < 4.78 is 13.4. The molecule has 0 saturated heterocycles. The summed E-state index contributed by atoms with van der Waals surface area (Å²) in [7, 11) is 0. The fourth-order valence-electron chi connectivity index (χ4n) is 3.68. The van der Waals surface area contributed by atoms with Gasteiger partial charge in [-0.25, -0.2) is 9.37 Å². The highest BCUT2D eigenvalue weighted by molar-refractivity contribution is 5.80. The van der Waals surface area contributed by atoms with Gasteiger partial charge in [0.05, 0.1) is 11.0 Å². The van der Waals surface area contributed by atoms with Crippen LogP contribution in [0.5, 0.6) is 0 Å². The van der Waals surface area contributed by atoms with Crippen molar-refractivity contribution in [3.63, 3.8) is 0 Å². The topological polar surface area (TPSA) is 31.9 Å². The van der Waals surface area contributed by atoms with E-state index in [4.69, 9.17) is 0 Å². The Morgan fingerprint density at radius 2 is 1.81 bits per heavy atom. The molecule has 26 heavy (non-hydrogen) atoms. The minimum atomic E-state index is -0.256. The highest BCUT2D eigenvalue weighted by atomic mass is 19.1. The van der Waals surface area contributed by atoms with Crippen molar-refractivity contribution in [3.05, 3.63) is 83.7 Å². The average molecular weight is 343 g/mol. The van der Waals surface area contributed by atoms with Crippen molar-refractivity contribution in [2.75, 3.05) is 11.4 Å². The van der Waals surface area contributed by atoms with Gasteiger partial charge in [-0.1, -0.05) is 36.4 Å². The number of nitrogens with zero attached hydrogens (tertiary/aromatic N) is 2. The third kappa shape index (κ3) is 2.64. The molecule has 4 aromatic rings. The number of rotatable bonds is 2. The van der Waals surface area contributed by atoms with Gasteiger partial charge in [0.1, 0.15) is 11.6 Å². The lowest BCUT2D eigenvalue weighted by Crippen LogP contribution is -2.30. The summed E-state index contributed by atoms with van der Waals surface area (Å²) in [6, 6.07) is 21.7. The number of nitrogens with one attached hydrogen (secondary N) is 1. The molecular weight excluding hydrogens is 325 g/mol. The SMILES string of the molecule is Fc1ccc2nc(-c3cccc(N4CCc5ccccc5C4)c3)[nH]c2c1. The monoisotopic (exact) mass is 343 g/mol. The van der Waals surface area contributed by atoms with Gasteiger partial charge in [-0.15, -0.1) is 0 Å². The molecule has 0 aliphatic carbocycles. The molecule has 2 heterocycles. The average Bonchev–Trinajstić information content (AvgIpc) is 3.11. The number of halogens is 1. The molecule has 0 fully saturated rings. The summed E-state index contributed by atoms with van der Waals surface area (Å²) in [5.74, 6) is 0.512. The molecule has 1 aromatic heterocycles. The molecule has 0 spiro atoms. The van der Waals surface area contributed by atoms with Crippen molar-refractivity contribution in [3.8, 4) is 11.4 Å². The lowest BCUT2D eigenvalue weighted by molar-refractivity contribution is 0.629. The number of fused-ring (bicyclic) bond motifs is 2. The van der Waals surface area contributed by atoms with E-state index in [2.05, 4.69) is 57.3 Å². The second-order valence-corrected chi connectivity index (χ2v) is 6.74. The first-order chi connectivity index (χ1) is 12.8. The normalized spacial score (nSPS) is 13.8. The molecule has 3 aromatic carbocycles. The van der Waals surface area contributed by atoms with Gasteiger partial charge in [0, 0.05) is 24.3 Å². The van der Waals surface area contributed by atoms with Gasteiger partial charge in [-0.3, -0.25) is 0 Å². The Hall–Kier alpha value is -3.14. The van der Waals surface area contributed by atoms with Crippen LogP contribution < -0.4 is 4.90 Å². The number of benzene rings is 3. The van der Waals surface area contributed by atoms with E-state index in [1.807, 2.05) is 6.07 Å². The van der Waals surface area contributed by atoms with Crippen LogP contribution in [0.3, 0.4) is 0 Å². The molecule has 5 rings (SSSR count). The highest BCUT2D eigenvalue weighted by Crippen LogP contribution is 2.28. The summed E-state index contributed by atoms with van der Waals surface area (Å²) >= 11 is 0. The lowest BCUT2D eigenvalue weighted by Gasteiger charge is -2.31. The molecule has 1 aliphatic heterocycles. The quantitative estimate of drug-likeness (QED) is 0.559. The Kier molecular flexibility index (Phi) is 3.49. The van der Waals surface area contributed by atoms with Gasteiger partial charge in [0.15, 0.2) is 0 Å². The third-order valence-corrected chi connectivity index (χ3v) is 5.06. The van der Waals surface area contributed by atoms with Gasteiger partial charge in [-0.05, 0) is 47.9 Å². The number of hydrogen-bond acceptors (Lipinski definition) is 2. The standard InChI is InChI=1S/C22H18FN3/c23-18-8-9-20-21(13-18)25-22(24-20)16-6-3-7-19(12-16)26-11-10-15-4-1-2-5-17(15)14-26/h1-9,12-13H,10-11,14H2,(H,24,25). The Morgan fingerprint density at radius 1 is 0.923 bits per heavy atom. The van der Waals surface area contributed by atoms with Crippen molar-refractivity contribution >= 4 is 16.7 Å². The molecule has 0 saturated carbocycles. The predicted molar refractivity (Wildman–Crippen MR) is 103 cm³/mol. The van der Waals surface area contributed by atoms with E-state index >= 15 is 0 Å². The number of aromatic nitrogens is 2. The van der Waals surface area contributed by atoms with Crippen LogP contribution >= 0.6 is 0 Å². The summed E-state index contributed by atoms with van der Waals surface area (Å²) in [6.07, 6.45) is 1.06. The number of hydrogen-bond donors (Lipinski definition) is 1.